The van der Waals surface area contributed by atoms with Crippen molar-refractivity contribution in [2.45, 2.75) is 12.8 Å². The second-order valence-electron chi connectivity index (χ2n) is 2.56. The van der Waals surface area contributed by atoms with Crippen LogP contribution in [0.25, 0.3) is 0 Å². The van der Waals surface area contributed by atoms with Crippen molar-refractivity contribution in [1.82, 2.24) is 0 Å². The van der Waals surface area contributed by atoms with Crippen LogP contribution in [0.2, 0.25) is 0 Å². The molecule has 0 aliphatic heterocycles. The molecule has 1 aromatic rings. The Hall–Kier alpha value is -1.04. The van der Waals surface area contributed by atoms with Crippen molar-refractivity contribution in [2.24, 2.45) is 0 Å². The third-order valence-electron chi connectivity index (χ3n) is 1.69. The van der Waals surface area contributed by atoms with E-state index in [1.165, 1.54) is 11.1 Å². The highest BCUT2D eigenvalue weighted by molar-refractivity contribution is 5.24. The fraction of sp³-hybridized carbons (Fsp3) is 0.182. The van der Waals surface area contributed by atoms with E-state index in [2.05, 4.69) is 37.8 Å². The van der Waals surface area contributed by atoms with Crippen molar-refractivity contribution in [3.63, 3.8) is 0 Å². The topological polar surface area (TPSA) is 0 Å². The Morgan fingerprint density at radius 1 is 1.09 bits per heavy atom. The van der Waals surface area contributed by atoms with Gasteiger partial charge in [0, 0.05) is 0 Å². The van der Waals surface area contributed by atoms with Gasteiger partial charge in [-0.3, -0.25) is 0 Å². The molecule has 0 saturated carbocycles. The van der Waals surface area contributed by atoms with Gasteiger partial charge in [0.1, 0.15) is 0 Å². The molecular formula is C11H13. The predicted octanol–water partition coefficient (Wildman–Crippen LogP) is 2.79. The summed E-state index contributed by atoms with van der Waals surface area (Å²) in [6, 6.07) is 8.49. The smallest absolute Gasteiger partial charge is 0.0100 e. The molecule has 0 spiro atoms. The van der Waals surface area contributed by atoms with Crippen molar-refractivity contribution in [1.29, 1.82) is 0 Å². The van der Waals surface area contributed by atoms with E-state index in [-0.39, 0.29) is 0 Å². The Morgan fingerprint density at radius 2 is 1.64 bits per heavy atom. The fourth-order valence-electron chi connectivity index (χ4n) is 1.01. The number of hydrogen-bond acceptors (Lipinski definition) is 0. The Bertz CT molecular complexity index is 218. The minimum atomic E-state index is 0.869. The number of hydrogen-bond donors (Lipinski definition) is 0. The van der Waals surface area contributed by atoms with E-state index in [0.717, 1.165) is 12.8 Å². The van der Waals surface area contributed by atoms with Crippen molar-refractivity contribution in [2.75, 3.05) is 0 Å². The van der Waals surface area contributed by atoms with Crippen molar-refractivity contribution >= 4 is 0 Å². The molecule has 0 nitrogen and oxygen atoms in total. The van der Waals surface area contributed by atoms with Crippen LogP contribution in [0.4, 0.5) is 0 Å². The van der Waals surface area contributed by atoms with Crippen molar-refractivity contribution < 1.29 is 0 Å². The van der Waals surface area contributed by atoms with Crippen LogP contribution in [-0.4, -0.2) is 0 Å². The van der Waals surface area contributed by atoms with E-state index in [0.29, 0.717) is 0 Å². The summed E-state index contributed by atoms with van der Waals surface area (Å²) in [5, 5.41) is 0. The van der Waals surface area contributed by atoms with E-state index in [1.807, 2.05) is 6.08 Å². The molecule has 1 rings (SSSR count). The summed E-state index contributed by atoms with van der Waals surface area (Å²) in [4.78, 5) is 0. The van der Waals surface area contributed by atoms with E-state index in [9.17, 15) is 0 Å². The van der Waals surface area contributed by atoms with E-state index in [1.54, 1.807) is 0 Å². The zero-order valence-corrected chi connectivity index (χ0v) is 6.72. The summed E-state index contributed by atoms with van der Waals surface area (Å²) in [5.74, 6) is 0. The molecule has 0 N–H and O–H groups in total. The lowest BCUT2D eigenvalue weighted by Gasteiger charge is -1.98. The maximum absolute atomic E-state index is 3.81. The van der Waals surface area contributed by atoms with Crippen LogP contribution < -0.4 is 0 Å². The van der Waals surface area contributed by atoms with Gasteiger partial charge in [-0.15, -0.1) is 6.58 Å². The van der Waals surface area contributed by atoms with Crippen LogP contribution in [0.15, 0.2) is 36.9 Å². The average Bonchev–Trinajstić information content (AvgIpc) is 2.07. The first-order valence-electron chi connectivity index (χ1n) is 3.84. The van der Waals surface area contributed by atoms with E-state index < -0.39 is 0 Å². The van der Waals surface area contributed by atoms with Gasteiger partial charge in [-0.05, 0) is 30.9 Å². The van der Waals surface area contributed by atoms with E-state index >= 15 is 0 Å². The zero-order valence-electron chi connectivity index (χ0n) is 6.72. The summed E-state index contributed by atoms with van der Waals surface area (Å²) in [6.07, 6.45) is 3.74. The van der Waals surface area contributed by atoms with Crippen LogP contribution in [0, 0.1) is 6.92 Å². The lowest BCUT2D eigenvalue weighted by molar-refractivity contribution is 1.22. The summed E-state index contributed by atoms with van der Waals surface area (Å²) in [5.41, 5.74) is 2.61. The number of benzene rings is 1. The molecule has 0 aliphatic carbocycles. The lowest BCUT2D eigenvalue weighted by atomic mass is 10.1. The van der Waals surface area contributed by atoms with Gasteiger partial charge in [0.05, 0.1) is 0 Å². The number of rotatable bonds is 3. The monoisotopic (exact) mass is 145 g/mol. The molecule has 0 unspecified atom stereocenters. The molecule has 57 valence electrons. The zero-order chi connectivity index (χ0) is 8.10. The van der Waals surface area contributed by atoms with Gasteiger partial charge >= 0.3 is 0 Å². The average molecular weight is 145 g/mol. The third-order valence-corrected chi connectivity index (χ3v) is 1.69. The van der Waals surface area contributed by atoms with E-state index in [4.69, 9.17) is 0 Å². The molecule has 0 amide bonds. The number of allylic oxidation sites excluding steroid dienone is 1. The first-order chi connectivity index (χ1) is 5.36. The Balaban J connectivity index is 2.74. The van der Waals surface area contributed by atoms with Crippen molar-refractivity contribution in [3.05, 3.63) is 55.0 Å². The van der Waals surface area contributed by atoms with Gasteiger partial charge in [0.15, 0.2) is 0 Å². The highest BCUT2D eigenvalue weighted by Crippen LogP contribution is 2.05. The normalized spacial score (nSPS) is 9.55. The van der Waals surface area contributed by atoms with Crippen molar-refractivity contribution in [3.8, 4) is 0 Å². The molecule has 0 fully saturated rings. The largest absolute Gasteiger partial charge is 0.103 e. The molecule has 11 heavy (non-hydrogen) atoms. The Morgan fingerprint density at radius 3 is 2.09 bits per heavy atom. The summed E-state index contributed by atoms with van der Waals surface area (Å²) >= 11 is 0. The Kier molecular flexibility index (Phi) is 2.91. The second kappa shape index (κ2) is 3.97. The van der Waals surface area contributed by atoms with Crippen LogP contribution >= 0.6 is 0 Å². The molecule has 0 aromatic heterocycles. The second-order valence-corrected chi connectivity index (χ2v) is 2.56. The summed E-state index contributed by atoms with van der Waals surface area (Å²) in [6.45, 7) is 7.50. The lowest BCUT2D eigenvalue weighted by Crippen LogP contribution is -1.82. The van der Waals surface area contributed by atoms with Gasteiger partial charge in [-0.2, -0.15) is 0 Å². The predicted molar refractivity (Wildman–Crippen MR) is 49.4 cm³/mol. The van der Waals surface area contributed by atoms with Gasteiger partial charge in [-0.1, -0.05) is 30.3 Å². The highest BCUT2D eigenvalue weighted by Gasteiger charge is 1.89. The van der Waals surface area contributed by atoms with Crippen LogP contribution in [0.3, 0.4) is 0 Å². The third kappa shape index (κ3) is 2.23. The SMILES string of the molecule is [CH2]Cc1ccc(CC=C)cc1. The first-order valence-corrected chi connectivity index (χ1v) is 3.84. The minimum Gasteiger partial charge on any atom is -0.103 e. The molecule has 1 radical (unpaired) electrons. The first kappa shape index (κ1) is 8.06. The fourth-order valence-corrected chi connectivity index (χ4v) is 1.01. The molecule has 0 saturated heterocycles. The molecule has 0 atom stereocenters. The maximum atomic E-state index is 3.81. The molecular weight excluding hydrogens is 132 g/mol. The van der Waals surface area contributed by atoms with Gasteiger partial charge in [0.25, 0.3) is 0 Å². The molecule has 0 bridgehead atoms. The van der Waals surface area contributed by atoms with Crippen LogP contribution in [-0.2, 0) is 12.8 Å². The molecule has 0 heterocycles. The quantitative estimate of drug-likeness (QED) is 0.574. The molecule has 1 aromatic carbocycles. The van der Waals surface area contributed by atoms with Gasteiger partial charge in [-0.25, -0.2) is 0 Å². The summed E-state index contributed by atoms with van der Waals surface area (Å²) in [7, 11) is 0. The Labute approximate surface area is 68.6 Å². The maximum Gasteiger partial charge on any atom is -0.0100 e. The standard InChI is InChI=1S/C11H13/c1-3-5-11-8-6-10(4-2)7-9-11/h3,6-9H,1-2,4-5H2. The molecule has 0 heteroatoms. The summed E-state index contributed by atoms with van der Waals surface area (Å²) < 4.78 is 0. The minimum absolute atomic E-state index is 0.869. The van der Waals surface area contributed by atoms with Crippen LogP contribution in [0.5, 0.6) is 0 Å². The van der Waals surface area contributed by atoms with Crippen LogP contribution in [0.1, 0.15) is 11.1 Å². The van der Waals surface area contributed by atoms with Gasteiger partial charge in [0.2, 0.25) is 0 Å². The van der Waals surface area contributed by atoms with Gasteiger partial charge < -0.3 is 0 Å². The molecule has 0 aliphatic rings. The highest BCUT2D eigenvalue weighted by atomic mass is 13.9.